The summed E-state index contributed by atoms with van der Waals surface area (Å²) in [6.45, 7) is 7.78. The number of pyridine rings is 1. The average molecular weight is 448 g/mol. The highest BCUT2D eigenvalue weighted by Crippen LogP contribution is 2.26. The molecule has 7 nitrogen and oxygen atoms in total. The highest BCUT2D eigenvalue weighted by Gasteiger charge is 2.14. The third kappa shape index (κ3) is 4.45. The molecule has 2 aromatic heterocycles. The summed E-state index contributed by atoms with van der Waals surface area (Å²) >= 11 is 1.35. The van der Waals surface area contributed by atoms with Crippen LogP contribution in [0, 0.1) is 20.8 Å². The summed E-state index contributed by atoms with van der Waals surface area (Å²) < 4.78 is 2.01. The summed E-state index contributed by atoms with van der Waals surface area (Å²) in [4.78, 5) is 24.2. The van der Waals surface area contributed by atoms with E-state index in [-0.39, 0.29) is 17.6 Å². The topological polar surface area (TPSA) is 88.4 Å². The van der Waals surface area contributed by atoms with Gasteiger partial charge in [-0.3, -0.25) is 14.0 Å². The molecule has 0 spiro atoms. The first-order valence-corrected chi connectivity index (χ1v) is 11.4. The van der Waals surface area contributed by atoms with E-state index in [2.05, 4.69) is 52.0 Å². The minimum Gasteiger partial charge on any atom is -0.326 e. The minimum absolute atomic E-state index is 0.0419. The van der Waals surface area contributed by atoms with Crippen molar-refractivity contribution in [1.29, 1.82) is 0 Å². The van der Waals surface area contributed by atoms with Gasteiger partial charge in [-0.15, -0.1) is 10.2 Å². The summed E-state index contributed by atoms with van der Waals surface area (Å²) in [7, 11) is 0. The molecule has 32 heavy (non-hydrogen) atoms. The van der Waals surface area contributed by atoms with E-state index in [0.29, 0.717) is 17.3 Å². The number of hydrogen-bond acceptors (Lipinski definition) is 5. The number of hydrogen-bond donors (Lipinski definition) is 2. The van der Waals surface area contributed by atoms with Crippen LogP contribution < -0.4 is 10.6 Å². The van der Waals surface area contributed by atoms with Crippen molar-refractivity contribution >= 4 is 51.5 Å². The monoisotopic (exact) mass is 447 g/mol. The highest BCUT2D eigenvalue weighted by atomic mass is 32.2. The van der Waals surface area contributed by atoms with E-state index in [0.717, 1.165) is 33.4 Å². The van der Waals surface area contributed by atoms with E-state index in [1.165, 1.54) is 17.3 Å². The molecule has 0 aliphatic carbocycles. The van der Waals surface area contributed by atoms with Crippen molar-refractivity contribution < 1.29 is 9.59 Å². The SMILES string of the molecule is CCC(=O)Nc1ccc(NC(=O)CSc2nnc3c(C)cc4cc(C)ccc4n23)cc1C. The van der Waals surface area contributed by atoms with E-state index in [9.17, 15) is 9.59 Å². The normalized spacial score (nSPS) is 11.1. The molecule has 2 amide bonds. The number of anilines is 2. The summed E-state index contributed by atoms with van der Waals surface area (Å²) in [5, 5.41) is 16.2. The molecular formula is C24H25N5O2S. The van der Waals surface area contributed by atoms with Crippen molar-refractivity contribution in [1.82, 2.24) is 14.6 Å². The Labute approximate surface area is 190 Å². The lowest BCUT2D eigenvalue weighted by atomic mass is 10.1. The summed E-state index contributed by atoms with van der Waals surface area (Å²) in [6, 6.07) is 13.8. The van der Waals surface area contributed by atoms with Gasteiger partial charge in [-0.25, -0.2) is 0 Å². The van der Waals surface area contributed by atoms with Crippen LogP contribution in [0.15, 0.2) is 47.6 Å². The molecular weight excluding hydrogens is 422 g/mol. The van der Waals surface area contributed by atoms with Crippen LogP contribution in [-0.4, -0.2) is 32.2 Å². The van der Waals surface area contributed by atoms with Gasteiger partial charge < -0.3 is 10.6 Å². The number of carbonyl (C=O) groups excluding carboxylic acids is 2. The number of aryl methyl sites for hydroxylation is 3. The van der Waals surface area contributed by atoms with E-state index in [4.69, 9.17) is 0 Å². The van der Waals surface area contributed by atoms with E-state index >= 15 is 0 Å². The number of aromatic nitrogens is 3. The van der Waals surface area contributed by atoms with Crippen molar-refractivity contribution in [3.05, 3.63) is 59.2 Å². The Kier molecular flexibility index (Phi) is 6.14. The van der Waals surface area contributed by atoms with Crippen LogP contribution in [0.3, 0.4) is 0 Å². The first-order valence-electron chi connectivity index (χ1n) is 10.4. The Morgan fingerprint density at radius 3 is 2.50 bits per heavy atom. The fourth-order valence-corrected chi connectivity index (χ4v) is 4.32. The Morgan fingerprint density at radius 1 is 0.938 bits per heavy atom. The molecule has 0 fully saturated rings. The van der Waals surface area contributed by atoms with Crippen LogP contribution in [0.5, 0.6) is 0 Å². The fourth-order valence-electron chi connectivity index (χ4n) is 3.57. The van der Waals surface area contributed by atoms with Gasteiger partial charge in [0.25, 0.3) is 0 Å². The van der Waals surface area contributed by atoms with Crippen LogP contribution in [0.2, 0.25) is 0 Å². The van der Waals surface area contributed by atoms with Crippen LogP contribution >= 0.6 is 11.8 Å². The summed E-state index contributed by atoms with van der Waals surface area (Å²) in [5.74, 6) is 0.0270. The Balaban J connectivity index is 1.49. The van der Waals surface area contributed by atoms with Gasteiger partial charge in [0, 0.05) is 17.8 Å². The molecule has 8 heteroatoms. The summed E-state index contributed by atoms with van der Waals surface area (Å²) in [6.07, 6.45) is 0.418. The quantitative estimate of drug-likeness (QED) is 0.411. The molecule has 0 unspecified atom stereocenters. The lowest BCUT2D eigenvalue weighted by Gasteiger charge is -2.11. The third-order valence-corrected chi connectivity index (χ3v) is 6.15. The lowest BCUT2D eigenvalue weighted by Crippen LogP contribution is -2.15. The van der Waals surface area contributed by atoms with Gasteiger partial charge in [0.2, 0.25) is 11.8 Å². The number of benzene rings is 2. The van der Waals surface area contributed by atoms with Crippen molar-refractivity contribution in [3.63, 3.8) is 0 Å². The Bertz CT molecular complexity index is 1350. The van der Waals surface area contributed by atoms with Gasteiger partial charge in [-0.1, -0.05) is 30.3 Å². The lowest BCUT2D eigenvalue weighted by molar-refractivity contribution is -0.116. The van der Waals surface area contributed by atoms with E-state index in [1.807, 2.05) is 24.3 Å². The number of nitrogens with one attached hydrogen (secondary N) is 2. The van der Waals surface area contributed by atoms with Gasteiger partial charge in [-0.05, 0) is 73.7 Å². The van der Waals surface area contributed by atoms with Crippen LogP contribution in [0.4, 0.5) is 11.4 Å². The number of carbonyl (C=O) groups is 2. The largest absolute Gasteiger partial charge is 0.326 e. The maximum Gasteiger partial charge on any atom is 0.234 e. The van der Waals surface area contributed by atoms with Gasteiger partial charge >= 0.3 is 0 Å². The minimum atomic E-state index is -0.135. The third-order valence-electron chi connectivity index (χ3n) is 5.22. The molecule has 0 aliphatic rings. The van der Waals surface area contributed by atoms with Crippen molar-refractivity contribution in [2.45, 2.75) is 39.3 Å². The smallest absolute Gasteiger partial charge is 0.234 e. The molecule has 0 aliphatic heterocycles. The predicted molar refractivity (Wildman–Crippen MR) is 129 cm³/mol. The molecule has 2 heterocycles. The van der Waals surface area contributed by atoms with Crippen molar-refractivity contribution in [2.75, 3.05) is 16.4 Å². The molecule has 0 bridgehead atoms. The molecule has 0 saturated carbocycles. The second kappa shape index (κ2) is 9.00. The number of rotatable bonds is 6. The predicted octanol–water partition coefficient (Wildman–Crippen LogP) is 4.89. The molecule has 164 valence electrons. The molecule has 2 N–H and O–H groups in total. The zero-order valence-electron chi connectivity index (χ0n) is 18.5. The molecule has 0 saturated heterocycles. The van der Waals surface area contributed by atoms with Crippen LogP contribution in [-0.2, 0) is 9.59 Å². The molecule has 2 aromatic carbocycles. The Hall–Kier alpha value is -3.39. The second-order valence-corrected chi connectivity index (χ2v) is 8.74. The first-order chi connectivity index (χ1) is 15.4. The van der Waals surface area contributed by atoms with Crippen LogP contribution in [0.25, 0.3) is 16.6 Å². The number of fused-ring (bicyclic) bond motifs is 3. The average Bonchev–Trinajstić information content (AvgIpc) is 3.19. The fraction of sp³-hybridized carbons (Fsp3) is 0.250. The second-order valence-electron chi connectivity index (χ2n) is 7.80. The first kappa shape index (κ1) is 21.8. The van der Waals surface area contributed by atoms with Crippen LogP contribution in [0.1, 0.15) is 30.0 Å². The maximum absolute atomic E-state index is 12.6. The van der Waals surface area contributed by atoms with Gasteiger partial charge in [0.1, 0.15) is 0 Å². The molecule has 0 radical (unpaired) electrons. The number of amides is 2. The highest BCUT2D eigenvalue weighted by molar-refractivity contribution is 7.99. The standard InChI is InChI=1S/C24H25N5O2S/c1-5-21(30)26-19-8-7-18(12-15(19)3)25-22(31)13-32-24-28-27-23-16(4)11-17-10-14(2)6-9-20(17)29(23)24/h6-12H,5,13H2,1-4H3,(H,25,31)(H,26,30). The Morgan fingerprint density at radius 2 is 1.75 bits per heavy atom. The molecule has 0 atom stereocenters. The van der Waals surface area contributed by atoms with E-state index < -0.39 is 0 Å². The zero-order chi connectivity index (χ0) is 22.8. The number of nitrogens with zero attached hydrogens (tertiary/aromatic N) is 3. The van der Waals surface area contributed by atoms with Crippen molar-refractivity contribution in [2.24, 2.45) is 0 Å². The van der Waals surface area contributed by atoms with E-state index in [1.54, 1.807) is 19.1 Å². The molecule has 4 aromatic rings. The van der Waals surface area contributed by atoms with Gasteiger partial charge in [-0.2, -0.15) is 0 Å². The molecule has 4 rings (SSSR count). The summed E-state index contributed by atoms with van der Waals surface area (Å²) in [5.41, 5.74) is 6.36. The van der Waals surface area contributed by atoms with Crippen molar-refractivity contribution in [3.8, 4) is 0 Å². The zero-order valence-corrected chi connectivity index (χ0v) is 19.3. The maximum atomic E-state index is 12.6. The van der Waals surface area contributed by atoms with Gasteiger partial charge in [0.05, 0.1) is 11.3 Å². The van der Waals surface area contributed by atoms with Gasteiger partial charge in [0.15, 0.2) is 10.8 Å². The number of thioether (sulfide) groups is 1.